The zero-order valence-electron chi connectivity index (χ0n) is 17.3. The Kier molecular flexibility index (Phi) is 5.86. The molecular weight excluding hydrogens is 399 g/mol. The van der Waals surface area contributed by atoms with Gasteiger partial charge in [0, 0.05) is 30.1 Å². The van der Waals surface area contributed by atoms with Crippen molar-refractivity contribution >= 4 is 16.9 Å². The standard InChI is InChI=1S/C24H23FN2O4/c1-3-30-22(24(28)29)13-16-7-6-10-21-17(16)11-12-27(21)14-20-15(2)31-23(26-20)18-8-4-5-9-19(18)25/h4-12,22H,3,13-14H2,1-2H3,(H,28,29). The molecule has 2 aromatic carbocycles. The molecule has 4 aromatic rings. The highest BCUT2D eigenvalue weighted by atomic mass is 19.1. The smallest absolute Gasteiger partial charge is 0.333 e. The second kappa shape index (κ2) is 8.73. The van der Waals surface area contributed by atoms with E-state index in [1.54, 1.807) is 25.1 Å². The Morgan fingerprint density at radius 1 is 1.23 bits per heavy atom. The lowest BCUT2D eigenvalue weighted by atomic mass is 10.0. The molecule has 4 rings (SSSR count). The number of carbonyl (C=O) groups is 1. The molecule has 0 spiro atoms. The van der Waals surface area contributed by atoms with Crippen LogP contribution in [0.4, 0.5) is 4.39 Å². The van der Waals surface area contributed by atoms with E-state index in [0.29, 0.717) is 30.2 Å². The average Bonchev–Trinajstić information content (AvgIpc) is 3.32. The fourth-order valence-corrected chi connectivity index (χ4v) is 3.71. The monoisotopic (exact) mass is 422 g/mol. The van der Waals surface area contributed by atoms with E-state index in [-0.39, 0.29) is 18.1 Å². The van der Waals surface area contributed by atoms with Crippen molar-refractivity contribution in [1.29, 1.82) is 0 Å². The molecule has 0 aliphatic rings. The Labute approximate surface area is 178 Å². The van der Waals surface area contributed by atoms with Crippen molar-refractivity contribution in [3.8, 4) is 11.5 Å². The molecule has 1 unspecified atom stereocenters. The Morgan fingerprint density at radius 2 is 2.03 bits per heavy atom. The normalized spacial score (nSPS) is 12.4. The summed E-state index contributed by atoms with van der Waals surface area (Å²) in [6.07, 6.45) is 1.33. The Hall–Kier alpha value is -3.45. The van der Waals surface area contributed by atoms with Gasteiger partial charge in [-0.1, -0.05) is 24.3 Å². The minimum absolute atomic E-state index is 0.253. The molecule has 0 aliphatic carbocycles. The number of halogens is 1. The van der Waals surface area contributed by atoms with Crippen LogP contribution in [0.1, 0.15) is 23.9 Å². The summed E-state index contributed by atoms with van der Waals surface area (Å²) < 4.78 is 27.2. The second-order valence-electron chi connectivity index (χ2n) is 7.28. The molecule has 0 amide bonds. The Bertz CT molecular complexity index is 1230. The molecular formula is C24H23FN2O4. The SMILES string of the molecule is CCOC(Cc1cccc2c1ccn2Cc1nc(-c2ccccc2F)oc1C)C(=O)O. The quantitative estimate of drug-likeness (QED) is 0.440. The zero-order valence-corrected chi connectivity index (χ0v) is 17.3. The van der Waals surface area contributed by atoms with Gasteiger partial charge in [0.05, 0.1) is 12.1 Å². The minimum atomic E-state index is -0.975. The van der Waals surface area contributed by atoms with Crippen molar-refractivity contribution < 1.29 is 23.4 Å². The molecule has 1 N–H and O–H groups in total. The lowest BCUT2D eigenvalue weighted by Gasteiger charge is -2.13. The summed E-state index contributed by atoms with van der Waals surface area (Å²) in [5.74, 6) is -0.479. The third-order valence-corrected chi connectivity index (χ3v) is 5.27. The van der Waals surface area contributed by atoms with Crippen LogP contribution in [0, 0.1) is 12.7 Å². The minimum Gasteiger partial charge on any atom is -0.479 e. The molecule has 160 valence electrons. The molecule has 0 aliphatic heterocycles. The van der Waals surface area contributed by atoms with Crippen LogP contribution >= 0.6 is 0 Å². The molecule has 0 saturated heterocycles. The van der Waals surface area contributed by atoms with Crippen LogP contribution in [-0.2, 0) is 22.5 Å². The number of carboxylic acids is 1. The first-order chi connectivity index (χ1) is 15.0. The summed E-state index contributed by atoms with van der Waals surface area (Å²) in [7, 11) is 0. The summed E-state index contributed by atoms with van der Waals surface area (Å²) in [5, 5.41) is 10.4. The number of nitrogens with zero attached hydrogens (tertiary/aromatic N) is 2. The first-order valence-corrected chi connectivity index (χ1v) is 10.1. The Morgan fingerprint density at radius 3 is 2.77 bits per heavy atom. The van der Waals surface area contributed by atoms with E-state index in [9.17, 15) is 14.3 Å². The van der Waals surface area contributed by atoms with Crippen LogP contribution < -0.4 is 0 Å². The number of carboxylic acid groups (broad SMARTS) is 1. The van der Waals surface area contributed by atoms with Crippen molar-refractivity contribution in [1.82, 2.24) is 9.55 Å². The highest BCUT2D eigenvalue weighted by molar-refractivity contribution is 5.85. The summed E-state index contributed by atoms with van der Waals surface area (Å²) in [6, 6.07) is 14.1. The van der Waals surface area contributed by atoms with E-state index in [4.69, 9.17) is 9.15 Å². The van der Waals surface area contributed by atoms with Crippen LogP contribution in [0.25, 0.3) is 22.4 Å². The van der Waals surface area contributed by atoms with Crippen molar-refractivity contribution in [2.24, 2.45) is 0 Å². The number of benzene rings is 2. The van der Waals surface area contributed by atoms with Crippen LogP contribution in [0.15, 0.2) is 59.1 Å². The average molecular weight is 422 g/mol. The first kappa shape index (κ1) is 20.8. The number of rotatable bonds is 8. The van der Waals surface area contributed by atoms with Gasteiger partial charge in [-0.15, -0.1) is 0 Å². The maximum atomic E-state index is 14.1. The third kappa shape index (κ3) is 4.22. The number of fused-ring (bicyclic) bond motifs is 1. The first-order valence-electron chi connectivity index (χ1n) is 10.1. The van der Waals surface area contributed by atoms with Gasteiger partial charge in [-0.25, -0.2) is 14.2 Å². The van der Waals surface area contributed by atoms with E-state index in [1.807, 2.05) is 42.0 Å². The molecule has 1 atom stereocenters. The van der Waals surface area contributed by atoms with Gasteiger partial charge in [-0.3, -0.25) is 0 Å². The predicted octanol–water partition coefficient (Wildman–Crippen LogP) is 4.82. The van der Waals surface area contributed by atoms with E-state index < -0.39 is 12.1 Å². The molecule has 6 nitrogen and oxygen atoms in total. The van der Waals surface area contributed by atoms with Gasteiger partial charge in [-0.05, 0) is 43.7 Å². The molecule has 2 aromatic heterocycles. The van der Waals surface area contributed by atoms with Gasteiger partial charge in [-0.2, -0.15) is 0 Å². The molecule has 0 saturated carbocycles. The van der Waals surface area contributed by atoms with Gasteiger partial charge in [0.25, 0.3) is 0 Å². The molecule has 0 fully saturated rings. The number of oxazole rings is 1. The maximum Gasteiger partial charge on any atom is 0.333 e. The summed E-state index contributed by atoms with van der Waals surface area (Å²) in [4.78, 5) is 16.0. The number of hydrogen-bond donors (Lipinski definition) is 1. The predicted molar refractivity (Wildman–Crippen MR) is 114 cm³/mol. The van der Waals surface area contributed by atoms with Crippen LogP contribution in [-0.4, -0.2) is 33.3 Å². The lowest BCUT2D eigenvalue weighted by molar-refractivity contribution is -0.149. The van der Waals surface area contributed by atoms with Gasteiger partial charge < -0.3 is 18.8 Å². The van der Waals surface area contributed by atoms with Crippen LogP contribution in [0.5, 0.6) is 0 Å². The highest BCUT2D eigenvalue weighted by Gasteiger charge is 2.20. The van der Waals surface area contributed by atoms with Crippen molar-refractivity contribution in [3.05, 3.63) is 77.6 Å². The van der Waals surface area contributed by atoms with E-state index in [1.165, 1.54) is 6.07 Å². The molecule has 31 heavy (non-hydrogen) atoms. The molecule has 7 heteroatoms. The van der Waals surface area contributed by atoms with Crippen molar-refractivity contribution in [2.75, 3.05) is 6.61 Å². The van der Waals surface area contributed by atoms with E-state index >= 15 is 0 Å². The van der Waals surface area contributed by atoms with Crippen molar-refractivity contribution in [3.63, 3.8) is 0 Å². The fourth-order valence-electron chi connectivity index (χ4n) is 3.71. The number of aromatic nitrogens is 2. The van der Waals surface area contributed by atoms with Gasteiger partial charge >= 0.3 is 5.97 Å². The van der Waals surface area contributed by atoms with E-state index in [0.717, 1.165) is 16.5 Å². The number of aliphatic carboxylic acids is 1. The van der Waals surface area contributed by atoms with Crippen LogP contribution in [0.2, 0.25) is 0 Å². The lowest BCUT2D eigenvalue weighted by Crippen LogP contribution is -2.26. The highest BCUT2D eigenvalue weighted by Crippen LogP contribution is 2.27. The topological polar surface area (TPSA) is 77.5 Å². The van der Waals surface area contributed by atoms with Gasteiger partial charge in [0.2, 0.25) is 5.89 Å². The molecule has 2 heterocycles. The number of hydrogen-bond acceptors (Lipinski definition) is 4. The van der Waals surface area contributed by atoms with E-state index in [2.05, 4.69) is 4.98 Å². The maximum absolute atomic E-state index is 14.1. The fraction of sp³-hybridized carbons (Fsp3) is 0.250. The number of ether oxygens (including phenoxy) is 1. The third-order valence-electron chi connectivity index (χ3n) is 5.27. The van der Waals surface area contributed by atoms with Crippen LogP contribution in [0.3, 0.4) is 0 Å². The summed E-state index contributed by atoms with van der Waals surface area (Å²) in [6.45, 7) is 4.38. The van der Waals surface area contributed by atoms with Gasteiger partial charge in [0.1, 0.15) is 17.3 Å². The summed E-state index contributed by atoms with van der Waals surface area (Å²) >= 11 is 0. The largest absolute Gasteiger partial charge is 0.479 e. The second-order valence-corrected chi connectivity index (χ2v) is 7.28. The van der Waals surface area contributed by atoms with Gasteiger partial charge in [0.15, 0.2) is 6.10 Å². The number of aryl methyl sites for hydroxylation is 1. The molecule has 0 bridgehead atoms. The molecule has 0 radical (unpaired) electrons. The Balaban J connectivity index is 1.63. The zero-order chi connectivity index (χ0) is 22.0. The van der Waals surface area contributed by atoms with Crippen molar-refractivity contribution in [2.45, 2.75) is 32.9 Å². The summed E-state index contributed by atoms with van der Waals surface area (Å²) in [5.41, 5.74) is 2.89.